The zero-order valence-electron chi connectivity index (χ0n) is 26.0. The second-order valence-electron chi connectivity index (χ2n) is 12.5. The number of hydrogen-bond donors (Lipinski definition) is 1. The lowest BCUT2D eigenvalue weighted by Gasteiger charge is -2.22. The summed E-state index contributed by atoms with van der Waals surface area (Å²) < 4.78 is 40.1. The Morgan fingerprint density at radius 3 is 1.78 bits per heavy atom. The maximum atomic E-state index is 13.5. The zero-order chi connectivity index (χ0) is 31.2. The van der Waals surface area contributed by atoms with Crippen molar-refractivity contribution >= 4 is 19.5 Å². The molecule has 1 N–H and O–H groups in total. The molecule has 0 spiro atoms. The van der Waals surface area contributed by atoms with Crippen molar-refractivity contribution in [3.63, 3.8) is 0 Å². The van der Waals surface area contributed by atoms with E-state index in [1.807, 2.05) is 52.0 Å². The fourth-order valence-corrected chi connectivity index (χ4v) is 4.67. The SMILES string of the molecule is Cc1cc(OCP(=O)(OCOC(=O)C(C)(C)C)OCOC(=O)C(C)(C)C)cc(C)c1Cc1ccc(O)c(C(C)C)c1. The van der Waals surface area contributed by atoms with Crippen LogP contribution in [0.1, 0.15) is 89.1 Å². The molecule has 228 valence electrons. The molecule has 0 heterocycles. The molecule has 2 aromatic rings. The second kappa shape index (κ2) is 13.9. The fourth-order valence-electron chi connectivity index (χ4n) is 3.72. The summed E-state index contributed by atoms with van der Waals surface area (Å²) in [5.41, 5.74) is 3.46. The number of esters is 2. The van der Waals surface area contributed by atoms with E-state index in [4.69, 9.17) is 23.3 Å². The van der Waals surface area contributed by atoms with E-state index in [9.17, 15) is 19.3 Å². The van der Waals surface area contributed by atoms with Gasteiger partial charge in [-0.3, -0.25) is 23.2 Å². The molecule has 0 saturated heterocycles. The lowest BCUT2D eigenvalue weighted by molar-refractivity contribution is -0.162. The summed E-state index contributed by atoms with van der Waals surface area (Å²) in [5, 5.41) is 10.2. The third kappa shape index (κ3) is 10.5. The van der Waals surface area contributed by atoms with Crippen LogP contribution in [0.5, 0.6) is 11.5 Å². The van der Waals surface area contributed by atoms with Gasteiger partial charge < -0.3 is 19.3 Å². The number of rotatable bonds is 12. The van der Waals surface area contributed by atoms with E-state index in [2.05, 4.69) is 0 Å². The number of phenolic OH excluding ortho intramolecular Hbond substituents is 1. The summed E-state index contributed by atoms with van der Waals surface area (Å²) in [4.78, 5) is 24.2. The first kappa shape index (κ1) is 34.3. The van der Waals surface area contributed by atoms with Gasteiger partial charge >= 0.3 is 19.5 Å². The molecule has 2 aromatic carbocycles. The smallest absolute Gasteiger partial charge is 0.373 e. The number of carbonyl (C=O) groups is 2. The zero-order valence-corrected chi connectivity index (χ0v) is 26.8. The highest BCUT2D eigenvalue weighted by molar-refractivity contribution is 7.53. The maximum Gasteiger partial charge on any atom is 0.373 e. The van der Waals surface area contributed by atoms with Crippen molar-refractivity contribution in [2.24, 2.45) is 10.8 Å². The highest BCUT2D eigenvalue weighted by Crippen LogP contribution is 2.48. The lowest BCUT2D eigenvalue weighted by Crippen LogP contribution is -2.25. The van der Waals surface area contributed by atoms with Gasteiger partial charge in [0.25, 0.3) is 0 Å². The van der Waals surface area contributed by atoms with E-state index in [1.165, 1.54) is 0 Å². The molecule has 0 amide bonds. The molecule has 10 heteroatoms. The molecule has 0 fully saturated rings. The summed E-state index contributed by atoms with van der Waals surface area (Å²) >= 11 is 0. The van der Waals surface area contributed by atoms with Crippen LogP contribution >= 0.6 is 7.60 Å². The van der Waals surface area contributed by atoms with Crippen LogP contribution in [0.2, 0.25) is 0 Å². The Morgan fingerprint density at radius 2 is 1.34 bits per heavy atom. The molecule has 0 bridgehead atoms. The van der Waals surface area contributed by atoms with Gasteiger partial charge in [0.2, 0.25) is 13.6 Å². The minimum absolute atomic E-state index is 0.196. The Kier molecular flexibility index (Phi) is 11.6. The van der Waals surface area contributed by atoms with Crippen LogP contribution in [0.4, 0.5) is 0 Å². The average molecular weight is 593 g/mol. The summed E-state index contributed by atoms with van der Waals surface area (Å²) in [6.45, 7) is 16.8. The first-order valence-corrected chi connectivity index (χ1v) is 15.3. The molecule has 0 radical (unpaired) electrons. The van der Waals surface area contributed by atoms with Crippen molar-refractivity contribution in [3.05, 3.63) is 58.1 Å². The third-order valence-electron chi connectivity index (χ3n) is 6.26. The van der Waals surface area contributed by atoms with Crippen LogP contribution in [-0.2, 0) is 39.1 Å². The Morgan fingerprint density at radius 1 is 0.854 bits per heavy atom. The highest BCUT2D eigenvalue weighted by atomic mass is 31.2. The molecule has 0 aromatic heterocycles. The van der Waals surface area contributed by atoms with Crippen LogP contribution in [-0.4, -0.2) is 37.0 Å². The quantitative estimate of drug-likeness (QED) is 0.153. The minimum Gasteiger partial charge on any atom is -0.508 e. The van der Waals surface area contributed by atoms with Gasteiger partial charge in [-0.1, -0.05) is 26.0 Å². The number of ether oxygens (including phenoxy) is 3. The maximum absolute atomic E-state index is 13.5. The molecule has 2 rings (SSSR count). The van der Waals surface area contributed by atoms with Gasteiger partial charge in [-0.2, -0.15) is 0 Å². The van der Waals surface area contributed by atoms with Crippen molar-refractivity contribution in [1.82, 2.24) is 0 Å². The predicted octanol–water partition coefficient (Wildman–Crippen LogP) is 7.38. The van der Waals surface area contributed by atoms with E-state index in [0.717, 1.165) is 27.8 Å². The number of aromatic hydroxyl groups is 1. The predicted molar refractivity (Wildman–Crippen MR) is 157 cm³/mol. The summed E-state index contributed by atoms with van der Waals surface area (Å²) in [6.07, 6.45) is 0.169. The van der Waals surface area contributed by atoms with Crippen molar-refractivity contribution in [2.75, 3.05) is 19.9 Å². The molecular weight excluding hydrogens is 547 g/mol. The molecule has 0 aliphatic rings. The fraction of sp³-hybridized carbons (Fsp3) is 0.548. The first-order valence-electron chi connectivity index (χ1n) is 13.6. The van der Waals surface area contributed by atoms with Crippen LogP contribution in [0.15, 0.2) is 30.3 Å². The molecule has 0 saturated carbocycles. The first-order chi connectivity index (χ1) is 18.8. The summed E-state index contributed by atoms with van der Waals surface area (Å²) in [5.74, 6) is -0.151. The highest BCUT2D eigenvalue weighted by Gasteiger charge is 2.31. The Bertz CT molecular complexity index is 1210. The number of phenols is 1. The molecular formula is C31H45O9P. The molecule has 0 unspecified atom stereocenters. The van der Waals surface area contributed by atoms with Crippen molar-refractivity contribution in [2.45, 2.75) is 81.6 Å². The van der Waals surface area contributed by atoms with E-state index in [-0.39, 0.29) is 11.7 Å². The Labute approximate surface area is 244 Å². The Hall–Kier alpha value is -2.87. The molecule has 0 aliphatic carbocycles. The van der Waals surface area contributed by atoms with E-state index in [1.54, 1.807) is 47.6 Å². The molecule has 0 aliphatic heterocycles. The molecule has 0 atom stereocenters. The standard InChI is InChI=1S/C31H45O9P/c1-20(2)25-15-23(11-12-27(25)32)16-26-21(3)13-24(14-22(26)4)38-19-41(35,39-17-36-28(33)30(5,6)7)40-18-37-29(34)31(8,9)10/h11-15,20,32H,16-19H2,1-10H3. The number of hydrogen-bond acceptors (Lipinski definition) is 9. The Balaban J connectivity index is 2.17. The van der Waals surface area contributed by atoms with Gasteiger partial charge in [-0.25, -0.2) is 0 Å². The number of aryl methyl sites for hydroxylation is 2. The van der Waals surface area contributed by atoms with Crippen LogP contribution < -0.4 is 4.74 Å². The third-order valence-corrected chi connectivity index (χ3v) is 7.70. The van der Waals surface area contributed by atoms with Crippen molar-refractivity contribution in [3.8, 4) is 11.5 Å². The van der Waals surface area contributed by atoms with Gasteiger partial charge in [0.05, 0.1) is 10.8 Å². The largest absolute Gasteiger partial charge is 0.508 e. The van der Waals surface area contributed by atoms with Crippen molar-refractivity contribution < 1.29 is 42.5 Å². The molecule has 41 heavy (non-hydrogen) atoms. The van der Waals surface area contributed by atoms with E-state index < -0.39 is 50.3 Å². The molecule has 9 nitrogen and oxygen atoms in total. The van der Waals surface area contributed by atoms with Crippen LogP contribution in [0, 0.1) is 24.7 Å². The summed E-state index contributed by atoms with van der Waals surface area (Å²) in [7, 11) is -4.02. The number of benzene rings is 2. The van der Waals surface area contributed by atoms with Gasteiger partial charge in [-0.05, 0) is 114 Å². The lowest BCUT2D eigenvalue weighted by atomic mass is 9.93. The van der Waals surface area contributed by atoms with Crippen LogP contribution in [0.25, 0.3) is 0 Å². The number of carbonyl (C=O) groups excluding carboxylic acids is 2. The van der Waals surface area contributed by atoms with E-state index in [0.29, 0.717) is 12.2 Å². The topological polar surface area (TPSA) is 118 Å². The van der Waals surface area contributed by atoms with Gasteiger partial charge in [0.1, 0.15) is 11.5 Å². The summed E-state index contributed by atoms with van der Waals surface area (Å²) in [6, 6.07) is 9.31. The minimum atomic E-state index is -4.02. The van der Waals surface area contributed by atoms with Crippen LogP contribution in [0.3, 0.4) is 0 Å². The van der Waals surface area contributed by atoms with Crippen molar-refractivity contribution in [1.29, 1.82) is 0 Å². The average Bonchev–Trinajstić information content (AvgIpc) is 2.84. The van der Waals surface area contributed by atoms with Gasteiger partial charge in [-0.15, -0.1) is 0 Å². The second-order valence-corrected chi connectivity index (χ2v) is 14.5. The van der Waals surface area contributed by atoms with Gasteiger partial charge in [0, 0.05) is 0 Å². The normalized spacial score (nSPS) is 12.4. The van der Waals surface area contributed by atoms with Gasteiger partial charge in [0.15, 0.2) is 6.35 Å². The van der Waals surface area contributed by atoms with E-state index >= 15 is 0 Å². The monoisotopic (exact) mass is 592 g/mol.